The number of hydrogen-bond acceptors (Lipinski definition) is 1. The zero-order valence-electron chi connectivity index (χ0n) is 13.5. The normalized spacial score (nSPS) is 18.5. The van der Waals surface area contributed by atoms with Crippen molar-refractivity contribution in [1.82, 2.24) is 0 Å². The van der Waals surface area contributed by atoms with Crippen LogP contribution in [-0.4, -0.2) is 13.3 Å². The van der Waals surface area contributed by atoms with E-state index in [0.717, 1.165) is 18.1 Å². The Hall–Kier alpha value is -1.71. The van der Waals surface area contributed by atoms with Gasteiger partial charge in [0.05, 0.1) is 12.7 Å². The molecule has 0 heterocycles. The molecule has 0 saturated heterocycles. The van der Waals surface area contributed by atoms with E-state index in [1.807, 2.05) is 38.2 Å². The van der Waals surface area contributed by atoms with Crippen LogP contribution in [0.2, 0.25) is 0 Å². The van der Waals surface area contributed by atoms with Crippen LogP contribution in [-0.2, 0) is 4.74 Å². The number of methoxy groups -OCH3 is 1. The van der Waals surface area contributed by atoms with Gasteiger partial charge in [0, 0.05) is 0 Å². The van der Waals surface area contributed by atoms with E-state index in [1.54, 1.807) is 6.92 Å². The highest BCUT2D eigenvalue weighted by atomic mass is 19.4. The van der Waals surface area contributed by atoms with Crippen molar-refractivity contribution in [3.8, 4) is 0 Å². The molecule has 0 fully saturated rings. The Morgan fingerprint density at radius 1 is 1.32 bits per heavy atom. The predicted octanol–water partition coefficient (Wildman–Crippen LogP) is 5.88. The molecular weight excluding hydrogens is 289 g/mol. The van der Waals surface area contributed by atoms with Crippen molar-refractivity contribution in [2.75, 3.05) is 7.11 Å². The van der Waals surface area contributed by atoms with Crippen LogP contribution in [0, 0.1) is 5.92 Å². The quantitative estimate of drug-likeness (QED) is 0.576. The zero-order chi connectivity index (χ0) is 16.8. The molecule has 22 heavy (non-hydrogen) atoms. The van der Waals surface area contributed by atoms with Gasteiger partial charge in [0.2, 0.25) is 0 Å². The van der Waals surface area contributed by atoms with E-state index in [-0.39, 0.29) is 12.3 Å². The largest absolute Gasteiger partial charge is 0.497 e. The summed E-state index contributed by atoms with van der Waals surface area (Å²) >= 11 is 0. The molecule has 1 rings (SSSR count). The molecule has 0 aromatic heterocycles. The first-order chi connectivity index (χ1) is 10.3. The van der Waals surface area contributed by atoms with E-state index in [0.29, 0.717) is 11.3 Å². The van der Waals surface area contributed by atoms with E-state index >= 15 is 0 Å². The zero-order valence-corrected chi connectivity index (χ0v) is 13.5. The number of allylic oxidation sites excluding steroid dienone is 9. The minimum Gasteiger partial charge on any atom is -0.497 e. The first kappa shape index (κ1) is 18.3. The molecule has 1 aliphatic rings. The van der Waals surface area contributed by atoms with Crippen molar-refractivity contribution in [1.29, 1.82) is 0 Å². The van der Waals surface area contributed by atoms with Crippen LogP contribution in [0.5, 0.6) is 0 Å². The summed E-state index contributed by atoms with van der Waals surface area (Å²) < 4.78 is 44.2. The molecule has 0 amide bonds. The van der Waals surface area contributed by atoms with Crippen LogP contribution < -0.4 is 0 Å². The molecule has 1 atom stereocenters. The molecule has 0 aromatic rings. The van der Waals surface area contributed by atoms with Gasteiger partial charge in [-0.25, -0.2) is 0 Å². The average Bonchev–Trinajstić information content (AvgIpc) is 2.61. The monoisotopic (exact) mass is 312 g/mol. The van der Waals surface area contributed by atoms with Gasteiger partial charge in [-0.1, -0.05) is 37.3 Å². The van der Waals surface area contributed by atoms with Gasteiger partial charge in [-0.3, -0.25) is 0 Å². The molecular formula is C18H23F3O. The Morgan fingerprint density at radius 3 is 2.55 bits per heavy atom. The molecule has 1 aliphatic carbocycles. The number of rotatable bonds is 5. The van der Waals surface area contributed by atoms with Crippen molar-refractivity contribution in [3.63, 3.8) is 0 Å². The van der Waals surface area contributed by atoms with Crippen LogP contribution in [0.15, 0.2) is 58.9 Å². The van der Waals surface area contributed by atoms with Crippen molar-refractivity contribution in [2.45, 2.75) is 39.8 Å². The van der Waals surface area contributed by atoms with Crippen LogP contribution in [0.4, 0.5) is 13.2 Å². The lowest BCUT2D eigenvalue weighted by Gasteiger charge is -2.16. The Morgan fingerprint density at radius 2 is 2.00 bits per heavy atom. The van der Waals surface area contributed by atoms with E-state index in [1.165, 1.54) is 13.2 Å². The standard InChI is InChI=1S/C18H23F3O/c1-5-6-7-8-9-13(2)16-11-10-15(18(19,20)21)12-14(3)17(16)22-4/h5-6,8-10,12-13H,7,11H2,1-4H3/b6-5-,9-8-. The molecule has 0 N–H and O–H groups in total. The van der Waals surface area contributed by atoms with Gasteiger partial charge < -0.3 is 4.74 Å². The van der Waals surface area contributed by atoms with Crippen LogP contribution in [0.3, 0.4) is 0 Å². The summed E-state index contributed by atoms with van der Waals surface area (Å²) in [5.41, 5.74) is 0.763. The molecule has 0 radical (unpaired) electrons. The SMILES string of the molecule is C/C=C\C/C=C\C(C)C1=C(OC)C(C)=CC(C(F)(F)F)=CC1. The van der Waals surface area contributed by atoms with E-state index < -0.39 is 11.7 Å². The maximum Gasteiger partial charge on any atom is 0.416 e. The van der Waals surface area contributed by atoms with Gasteiger partial charge in [-0.2, -0.15) is 13.2 Å². The summed E-state index contributed by atoms with van der Waals surface area (Å²) in [6.07, 6.45) is 7.12. The van der Waals surface area contributed by atoms with Gasteiger partial charge in [0.15, 0.2) is 0 Å². The first-order valence-electron chi connectivity index (χ1n) is 7.32. The van der Waals surface area contributed by atoms with Gasteiger partial charge in [0.25, 0.3) is 0 Å². The van der Waals surface area contributed by atoms with E-state index in [2.05, 4.69) is 0 Å². The van der Waals surface area contributed by atoms with E-state index in [9.17, 15) is 13.2 Å². The van der Waals surface area contributed by atoms with Gasteiger partial charge >= 0.3 is 6.18 Å². The minimum atomic E-state index is -4.33. The predicted molar refractivity (Wildman–Crippen MR) is 84.3 cm³/mol. The highest BCUT2D eigenvalue weighted by molar-refractivity contribution is 5.43. The van der Waals surface area contributed by atoms with Gasteiger partial charge in [-0.15, -0.1) is 0 Å². The molecule has 1 nitrogen and oxygen atoms in total. The van der Waals surface area contributed by atoms with Crippen molar-refractivity contribution < 1.29 is 17.9 Å². The number of hydrogen-bond donors (Lipinski definition) is 0. The van der Waals surface area contributed by atoms with Crippen LogP contribution in [0.1, 0.15) is 33.6 Å². The summed E-state index contributed by atoms with van der Waals surface area (Å²) in [5, 5.41) is 0. The Labute approximate surface area is 130 Å². The lowest BCUT2D eigenvalue weighted by Crippen LogP contribution is -2.10. The fourth-order valence-corrected chi connectivity index (χ4v) is 2.42. The maximum atomic E-state index is 12.9. The highest BCUT2D eigenvalue weighted by Gasteiger charge is 2.33. The van der Waals surface area contributed by atoms with Crippen molar-refractivity contribution >= 4 is 0 Å². The third-order valence-corrected chi connectivity index (χ3v) is 3.58. The highest BCUT2D eigenvalue weighted by Crippen LogP contribution is 2.35. The van der Waals surface area contributed by atoms with Crippen LogP contribution in [0.25, 0.3) is 0 Å². The molecule has 0 aliphatic heterocycles. The summed E-state index contributed by atoms with van der Waals surface area (Å²) in [6.45, 7) is 5.58. The summed E-state index contributed by atoms with van der Waals surface area (Å²) in [7, 11) is 1.50. The Kier molecular flexibility index (Phi) is 6.72. The lowest BCUT2D eigenvalue weighted by atomic mass is 9.94. The second-order valence-electron chi connectivity index (χ2n) is 5.27. The van der Waals surface area contributed by atoms with Crippen molar-refractivity contribution in [3.05, 3.63) is 58.9 Å². The number of alkyl halides is 3. The lowest BCUT2D eigenvalue weighted by molar-refractivity contribution is -0.0884. The number of halogens is 3. The molecule has 4 heteroatoms. The number of ether oxygens (including phenoxy) is 1. The van der Waals surface area contributed by atoms with Gasteiger partial charge in [0.1, 0.15) is 5.76 Å². The third kappa shape index (κ3) is 4.93. The van der Waals surface area contributed by atoms with Gasteiger partial charge in [-0.05, 0) is 49.8 Å². The maximum absolute atomic E-state index is 12.9. The average molecular weight is 312 g/mol. The molecule has 0 aromatic carbocycles. The minimum absolute atomic E-state index is 0.0207. The second kappa shape index (κ2) is 8.06. The molecule has 0 bridgehead atoms. The topological polar surface area (TPSA) is 9.23 Å². The molecule has 122 valence electrons. The molecule has 0 saturated carbocycles. The summed E-state index contributed by atoms with van der Waals surface area (Å²) in [6, 6.07) is 0. The summed E-state index contributed by atoms with van der Waals surface area (Å²) in [4.78, 5) is 0. The first-order valence-corrected chi connectivity index (χ1v) is 7.32. The second-order valence-corrected chi connectivity index (χ2v) is 5.27. The Bertz CT molecular complexity index is 531. The van der Waals surface area contributed by atoms with Crippen LogP contribution >= 0.6 is 0 Å². The molecule has 0 spiro atoms. The molecule has 1 unspecified atom stereocenters. The fourth-order valence-electron chi connectivity index (χ4n) is 2.42. The smallest absolute Gasteiger partial charge is 0.416 e. The fraction of sp³-hybridized carbons (Fsp3) is 0.444. The van der Waals surface area contributed by atoms with E-state index in [4.69, 9.17) is 4.74 Å². The Balaban J connectivity index is 3.08. The van der Waals surface area contributed by atoms with Crippen molar-refractivity contribution in [2.24, 2.45) is 5.92 Å². The third-order valence-electron chi connectivity index (χ3n) is 3.58. The summed E-state index contributed by atoms with van der Waals surface area (Å²) in [5.74, 6) is 0.575.